The molecule has 0 aliphatic heterocycles. The van der Waals surface area contributed by atoms with Crippen molar-refractivity contribution in [1.82, 2.24) is 5.32 Å². The molecule has 1 fully saturated rings. The average molecular weight is 286 g/mol. The van der Waals surface area contributed by atoms with Gasteiger partial charge in [0.25, 0.3) is 0 Å². The van der Waals surface area contributed by atoms with E-state index in [1.54, 1.807) is 24.3 Å². The predicted molar refractivity (Wildman–Crippen MR) is 72.7 cm³/mol. The van der Waals surface area contributed by atoms with Crippen LogP contribution in [0.3, 0.4) is 0 Å². The smallest absolute Gasteiger partial charge is 0.244 e. The van der Waals surface area contributed by atoms with Crippen LogP contribution >= 0.6 is 23.2 Å². The summed E-state index contributed by atoms with van der Waals surface area (Å²) in [5.74, 6) is -0.252. The highest BCUT2D eigenvalue weighted by molar-refractivity contribution is 6.37. The average Bonchev–Trinajstić information content (AvgIpc) is 3.09. The first kappa shape index (κ1) is 13.4. The molecule has 0 unspecified atom stereocenters. The van der Waals surface area contributed by atoms with Crippen molar-refractivity contribution in [2.75, 3.05) is 6.61 Å². The van der Waals surface area contributed by atoms with Crippen molar-refractivity contribution in [3.63, 3.8) is 0 Å². The molecule has 18 heavy (non-hydrogen) atoms. The summed E-state index contributed by atoms with van der Waals surface area (Å²) in [7, 11) is 0. The van der Waals surface area contributed by atoms with E-state index in [-0.39, 0.29) is 12.5 Å². The van der Waals surface area contributed by atoms with Gasteiger partial charge in [-0.15, -0.1) is 0 Å². The first-order valence-electron chi connectivity index (χ1n) is 5.61. The third-order valence-electron chi connectivity index (χ3n) is 2.95. The van der Waals surface area contributed by atoms with Crippen LogP contribution in [-0.4, -0.2) is 23.2 Å². The van der Waals surface area contributed by atoms with Crippen molar-refractivity contribution < 1.29 is 9.90 Å². The molecule has 0 saturated heterocycles. The Hall–Kier alpha value is -1.03. The molecule has 0 aromatic heterocycles. The molecule has 1 saturated carbocycles. The summed E-state index contributed by atoms with van der Waals surface area (Å²) < 4.78 is 0. The van der Waals surface area contributed by atoms with Crippen molar-refractivity contribution in [1.29, 1.82) is 0 Å². The van der Waals surface area contributed by atoms with E-state index in [1.165, 1.54) is 6.08 Å². The number of halogens is 2. The molecule has 2 N–H and O–H groups in total. The van der Waals surface area contributed by atoms with Crippen LogP contribution in [0.5, 0.6) is 0 Å². The van der Waals surface area contributed by atoms with E-state index in [4.69, 9.17) is 28.3 Å². The molecular formula is C13H13Cl2NO2. The SMILES string of the molecule is O=C(/C=C/c1c(Cl)cccc1Cl)NC1(CO)CC1. The van der Waals surface area contributed by atoms with Crippen molar-refractivity contribution in [2.45, 2.75) is 18.4 Å². The van der Waals surface area contributed by atoms with E-state index < -0.39 is 5.54 Å². The first-order valence-corrected chi connectivity index (χ1v) is 6.37. The van der Waals surface area contributed by atoms with Gasteiger partial charge in [0.15, 0.2) is 0 Å². The Kier molecular flexibility index (Phi) is 3.95. The molecule has 0 atom stereocenters. The predicted octanol–water partition coefficient (Wildman–Crippen LogP) is 2.65. The Morgan fingerprint density at radius 1 is 1.39 bits per heavy atom. The molecular weight excluding hydrogens is 273 g/mol. The molecule has 1 aliphatic rings. The van der Waals surface area contributed by atoms with Crippen molar-refractivity contribution >= 4 is 35.2 Å². The fourth-order valence-electron chi connectivity index (χ4n) is 1.61. The molecule has 1 aromatic carbocycles. The van der Waals surface area contributed by atoms with Crippen LogP contribution in [0, 0.1) is 0 Å². The highest BCUT2D eigenvalue weighted by Gasteiger charge is 2.42. The third-order valence-corrected chi connectivity index (χ3v) is 3.60. The Labute approximate surface area is 115 Å². The Morgan fingerprint density at radius 2 is 2.00 bits per heavy atom. The van der Waals surface area contributed by atoms with Gasteiger partial charge in [0.2, 0.25) is 5.91 Å². The number of carbonyl (C=O) groups excluding carboxylic acids is 1. The molecule has 5 heteroatoms. The standard InChI is InChI=1S/C13H13Cl2NO2/c14-10-2-1-3-11(15)9(10)4-5-12(18)16-13(8-17)6-7-13/h1-5,17H,6-8H2,(H,16,18)/b5-4+. The molecule has 96 valence electrons. The number of amides is 1. The van der Waals surface area contributed by atoms with Gasteiger partial charge < -0.3 is 10.4 Å². The fourth-order valence-corrected chi connectivity index (χ4v) is 2.13. The van der Waals surface area contributed by atoms with Crippen LogP contribution < -0.4 is 5.32 Å². The van der Waals surface area contributed by atoms with Crippen LogP contribution in [0.4, 0.5) is 0 Å². The Bertz CT molecular complexity index is 476. The maximum Gasteiger partial charge on any atom is 0.244 e. The van der Waals surface area contributed by atoms with Gasteiger partial charge in [-0.3, -0.25) is 4.79 Å². The highest BCUT2D eigenvalue weighted by Crippen LogP contribution is 2.34. The van der Waals surface area contributed by atoms with Gasteiger partial charge in [-0.2, -0.15) is 0 Å². The molecule has 0 spiro atoms. The van der Waals surface area contributed by atoms with Crippen molar-refractivity contribution in [3.05, 3.63) is 39.9 Å². The van der Waals surface area contributed by atoms with E-state index in [2.05, 4.69) is 5.32 Å². The fraction of sp³-hybridized carbons (Fsp3) is 0.308. The first-order chi connectivity index (χ1) is 8.56. The van der Waals surface area contributed by atoms with E-state index in [1.807, 2.05) is 0 Å². The summed E-state index contributed by atoms with van der Waals surface area (Å²) in [5.41, 5.74) is 0.205. The summed E-state index contributed by atoms with van der Waals surface area (Å²) in [6, 6.07) is 5.16. The van der Waals surface area contributed by atoms with Crippen molar-refractivity contribution in [2.24, 2.45) is 0 Å². The monoisotopic (exact) mass is 285 g/mol. The van der Waals surface area contributed by atoms with Crippen LogP contribution in [0.15, 0.2) is 24.3 Å². The lowest BCUT2D eigenvalue weighted by molar-refractivity contribution is -0.117. The molecule has 0 radical (unpaired) electrons. The number of hydrogen-bond acceptors (Lipinski definition) is 2. The minimum Gasteiger partial charge on any atom is -0.394 e. The Balaban J connectivity index is 2.04. The zero-order valence-electron chi connectivity index (χ0n) is 9.62. The van der Waals surface area contributed by atoms with Crippen molar-refractivity contribution in [3.8, 4) is 0 Å². The number of hydrogen-bond donors (Lipinski definition) is 2. The van der Waals surface area contributed by atoms with Gasteiger partial charge in [-0.05, 0) is 31.1 Å². The zero-order valence-corrected chi connectivity index (χ0v) is 11.1. The van der Waals surface area contributed by atoms with Gasteiger partial charge in [-0.25, -0.2) is 0 Å². The summed E-state index contributed by atoms with van der Waals surface area (Å²) in [4.78, 5) is 11.7. The zero-order chi connectivity index (χ0) is 13.2. The number of benzene rings is 1. The number of aliphatic hydroxyl groups is 1. The summed E-state index contributed by atoms with van der Waals surface area (Å²) in [6.07, 6.45) is 4.59. The molecule has 3 nitrogen and oxygen atoms in total. The van der Waals surface area contributed by atoms with Gasteiger partial charge >= 0.3 is 0 Å². The van der Waals surface area contributed by atoms with Crippen LogP contribution in [0.1, 0.15) is 18.4 Å². The lowest BCUT2D eigenvalue weighted by Gasteiger charge is -2.12. The highest BCUT2D eigenvalue weighted by atomic mass is 35.5. The normalized spacial score (nSPS) is 16.8. The van der Waals surface area contributed by atoms with E-state index in [0.717, 1.165) is 12.8 Å². The number of aliphatic hydroxyl groups excluding tert-OH is 1. The third kappa shape index (κ3) is 3.05. The second-order valence-electron chi connectivity index (χ2n) is 4.40. The number of carbonyl (C=O) groups is 1. The second kappa shape index (κ2) is 5.31. The number of rotatable bonds is 4. The molecule has 1 amide bonds. The summed E-state index contributed by atoms with van der Waals surface area (Å²) >= 11 is 12.0. The lowest BCUT2D eigenvalue weighted by atomic mass is 10.2. The second-order valence-corrected chi connectivity index (χ2v) is 5.21. The topological polar surface area (TPSA) is 49.3 Å². The molecule has 0 bridgehead atoms. The van der Waals surface area contributed by atoms with Crippen LogP contribution in [0.2, 0.25) is 10.0 Å². The molecule has 0 heterocycles. The molecule has 1 aromatic rings. The van der Waals surface area contributed by atoms with Gasteiger partial charge in [0.1, 0.15) is 0 Å². The van der Waals surface area contributed by atoms with Gasteiger partial charge in [-0.1, -0.05) is 29.3 Å². The minimum absolute atomic E-state index is 0.0283. The quantitative estimate of drug-likeness (QED) is 0.836. The Morgan fingerprint density at radius 3 is 2.50 bits per heavy atom. The minimum atomic E-state index is -0.411. The van der Waals surface area contributed by atoms with E-state index in [0.29, 0.717) is 15.6 Å². The maximum absolute atomic E-state index is 11.7. The summed E-state index contributed by atoms with van der Waals surface area (Å²) in [5, 5.41) is 12.9. The van der Waals surface area contributed by atoms with Gasteiger partial charge in [0.05, 0.1) is 12.1 Å². The molecule has 1 aliphatic carbocycles. The number of nitrogens with one attached hydrogen (secondary N) is 1. The summed E-state index contributed by atoms with van der Waals surface area (Å²) in [6.45, 7) is -0.0283. The maximum atomic E-state index is 11.7. The van der Waals surface area contributed by atoms with Crippen LogP contribution in [-0.2, 0) is 4.79 Å². The van der Waals surface area contributed by atoms with E-state index in [9.17, 15) is 4.79 Å². The van der Waals surface area contributed by atoms with Gasteiger partial charge in [0, 0.05) is 21.7 Å². The largest absolute Gasteiger partial charge is 0.394 e. The van der Waals surface area contributed by atoms with Crippen LogP contribution in [0.25, 0.3) is 6.08 Å². The molecule has 2 rings (SSSR count). The lowest BCUT2D eigenvalue weighted by Crippen LogP contribution is -2.38. The van der Waals surface area contributed by atoms with E-state index >= 15 is 0 Å².